The molecule has 0 radical (unpaired) electrons. The average molecular weight is 266 g/mol. The number of rotatable bonds is 5. The van der Waals surface area contributed by atoms with Gasteiger partial charge in [-0.15, -0.1) is 0 Å². The molecule has 2 atom stereocenters. The van der Waals surface area contributed by atoms with Crippen molar-refractivity contribution in [3.63, 3.8) is 0 Å². The minimum Gasteiger partial charge on any atom is -0.383 e. The van der Waals surface area contributed by atoms with Gasteiger partial charge in [-0.2, -0.15) is 0 Å². The van der Waals surface area contributed by atoms with Gasteiger partial charge in [0.15, 0.2) is 0 Å². The Hall–Kier alpha value is -1.07. The summed E-state index contributed by atoms with van der Waals surface area (Å²) < 4.78 is 7.51. The molecular formula is C14H26N4O. The molecule has 19 heavy (non-hydrogen) atoms. The molecule has 1 fully saturated rings. The SMILES string of the molecule is CCc1cn(C(C)COC)c(N2CCC[C@@H](N)C2)n1. The fraction of sp³-hybridized carbons (Fsp3) is 0.786. The Labute approximate surface area is 115 Å². The summed E-state index contributed by atoms with van der Waals surface area (Å²) in [6, 6.07) is 0.563. The Bertz CT molecular complexity index is 404. The van der Waals surface area contributed by atoms with Gasteiger partial charge in [0.25, 0.3) is 0 Å². The zero-order chi connectivity index (χ0) is 13.8. The second kappa shape index (κ2) is 6.39. The minimum atomic E-state index is 0.265. The highest BCUT2D eigenvalue weighted by Crippen LogP contribution is 2.23. The Morgan fingerprint density at radius 1 is 1.58 bits per heavy atom. The topological polar surface area (TPSA) is 56.3 Å². The molecule has 1 aromatic heterocycles. The van der Waals surface area contributed by atoms with Crippen LogP contribution in [0.5, 0.6) is 0 Å². The molecule has 2 heterocycles. The molecule has 1 aliphatic rings. The van der Waals surface area contributed by atoms with Crippen molar-refractivity contribution >= 4 is 5.95 Å². The molecule has 0 saturated carbocycles. The number of ether oxygens (including phenoxy) is 1. The van der Waals surface area contributed by atoms with E-state index in [-0.39, 0.29) is 6.04 Å². The zero-order valence-corrected chi connectivity index (χ0v) is 12.3. The van der Waals surface area contributed by atoms with Gasteiger partial charge in [-0.25, -0.2) is 4.98 Å². The number of piperidine rings is 1. The summed E-state index contributed by atoms with van der Waals surface area (Å²) in [7, 11) is 1.74. The molecule has 1 aliphatic heterocycles. The first-order chi connectivity index (χ1) is 9.15. The third-order valence-electron chi connectivity index (χ3n) is 3.75. The van der Waals surface area contributed by atoms with Crippen molar-refractivity contribution in [2.75, 3.05) is 31.7 Å². The van der Waals surface area contributed by atoms with Gasteiger partial charge in [0.05, 0.1) is 18.3 Å². The van der Waals surface area contributed by atoms with Crippen molar-refractivity contribution in [1.82, 2.24) is 9.55 Å². The van der Waals surface area contributed by atoms with E-state index >= 15 is 0 Å². The monoisotopic (exact) mass is 266 g/mol. The van der Waals surface area contributed by atoms with Gasteiger partial charge in [-0.1, -0.05) is 6.92 Å². The number of nitrogens with zero attached hydrogens (tertiary/aromatic N) is 3. The maximum absolute atomic E-state index is 6.08. The van der Waals surface area contributed by atoms with Crippen LogP contribution in [-0.2, 0) is 11.2 Å². The van der Waals surface area contributed by atoms with Crippen LogP contribution >= 0.6 is 0 Å². The average Bonchev–Trinajstić information content (AvgIpc) is 2.83. The molecule has 108 valence electrons. The predicted octanol–water partition coefficient (Wildman–Crippen LogP) is 1.58. The van der Waals surface area contributed by atoms with Crippen LogP contribution in [0.2, 0.25) is 0 Å². The summed E-state index contributed by atoms with van der Waals surface area (Å²) in [6.07, 6.45) is 5.37. The molecule has 0 aromatic carbocycles. The molecule has 0 aliphatic carbocycles. The molecule has 5 nitrogen and oxygen atoms in total. The van der Waals surface area contributed by atoms with Crippen molar-refractivity contribution in [3.8, 4) is 0 Å². The highest BCUT2D eigenvalue weighted by Gasteiger charge is 2.23. The molecule has 2 N–H and O–H groups in total. The number of methoxy groups -OCH3 is 1. The van der Waals surface area contributed by atoms with Crippen LogP contribution in [0.25, 0.3) is 0 Å². The molecule has 0 spiro atoms. The van der Waals surface area contributed by atoms with Gasteiger partial charge in [-0.05, 0) is 26.2 Å². The van der Waals surface area contributed by atoms with E-state index in [0.29, 0.717) is 12.6 Å². The van der Waals surface area contributed by atoms with Crippen LogP contribution in [0.1, 0.15) is 38.4 Å². The quantitative estimate of drug-likeness (QED) is 0.879. The van der Waals surface area contributed by atoms with E-state index in [1.165, 1.54) is 0 Å². The lowest BCUT2D eigenvalue weighted by Gasteiger charge is -2.32. The van der Waals surface area contributed by atoms with Gasteiger partial charge >= 0.3 is 0 Å². The Kier molecular flexibility index (Phi) is 4.82. The van der Waals surface area contributed by atoms with Gasteiger partial charge in [0, 0.05) is 32.4 Å². The van der Waals surface area contributed by atoms with Crippen LogP contribution in [0.4, 0.5) is 5.95 Å². The van der Waals surface area contributed by atoms with Crippen molar-refractivity contribution < 1.29 is 4.74 Å². The fourth-order valence-corrected chi connectivity index (χ4v) is 2.68. The van der Waals surface area contributed by atoms with E-state index in [9.17, 15) is 0 Å². The summed E-state index contributed by atoms with van der Waals surface area (Å²) in [5.41, 5.74) is 7.22. The largest absolute Gasteiger partial charge is 0.383 e. The molecule has 2 rings (SSSR count). The third-order valence-corrected chi connectivity index (χ3v) is 3.75. The number of imidazole rings is 1. The van der Waals surface area contributed by atoms with E-state index in [0.717, 1.165) is 44.0 Å². The molecule has 0 bridgehead atoms. The van der Waals surface area contributed by atoms with E-state index in [4.69, 9.17) is 15.5 Å². The first kappa shape index (κ1) is 14.3. The minimum absolute atomic E-state index is 0.265. The molecule has 1 aromatic rings. The summed E-state index contributed by atoms with van der Waals surface area (Å²) in [6.45, 7) is 6.96. The lowest BCUT2D eigenvalue weighted by molar-refractivity contribution is 0.162. The standard InChI is InChI=1S/C14H26N4O/c1-4-13-9-18(11(2)10-19-3)14(16-13)17-7-5-6-12(15)8-17/h9,11-12H,4-8,10,15H2,1-3H3/t11?,12-/m1/s1. The number of hydrogen-bond donors (Lipinski definition) is 1. The fourth-order valence-electron chi connectivity index (χ4n) is 2.68. The number of nitrogens with two attached hydrogens (primary N) is 1. The van der Waals surface area contributed by atoms with Crippen LogP contribution in [0.3, 0.4) is 0 Å². The molecular weight excluding hydrogens is 240 g/mol. The second-order valence-electron chi connectivity index (χ2n) is 5.45. The number of hydrogen-bond acceptors (Lipinski definition) is 4. The number of aromatic nitrogens is 2. The third kappa shape index (κ3) is 3.28. The van der Waals surface area contributed by atoms with Crippen molar-refractivity contribution in [3.05, 3.63) is 11.9 Å². The first-order valence-corrected chi connectivity index (χ1v) is 7.22. The summed E-state index contributed by atoms with van der Waals surface area (Å²) in [5, 5.41) is 0. The molecule has 5 heteroatoms. The summed E-state index contributed by atoms with van der Waals surface area (Å²) in [4.78, 5) is 7.09. The lowest BCUT2D eigenvalue weighted by atomic mass is 10.1. The van der Waals surface area contributed by atoms with Crippen LogP contribution in [0.15, 0.2) is 6.20 Å². The van der Waals surface area contributed by atoms with Crippen molar-refractivity contribution in [2.45, 2.75) is 45.2 Å². The smallest absolute Gasteiger partial charge is 0.206 e. The predicted molar refractivity (Wildman–Crippen MR) is 77.6 cm³/mol. The Morgan fingerprint density at radius 3 is 3.00 bits per heavy atom. The van der Waals surface area contributed by atoms with E-state index in [2.05, 4.69) is 29.5 Å². The maximum Gasteiger partial charge on any atom is 0.206 e. The maximum atomic E-state index is 6.08. The van der Waals surface area contributed by atoms with Crippen molar-refractivity contribution in [1.29, 1.82) is 0 Å². The molecule has 0 amide bonds. The van der Waals surface area contributed by atoms with E-state index < -0.39 is 0 Å². The van der Waals surface area contributed by atoms with Gasteiger partial charge in [0.2, 0.25) is 5.95 Å². The van der Waals surface area contributed by atoms with Crippen LogP contribution < -0.4 is 10.6 Å². The Morgan fingerprint density at radius 2 is 2.37 bits per heavy atom. The van der Waals surface area contributed by atoms with E-state index in [1.807, 2.05) is 0 Å². The molecule has 1 unspecified atom stereocenters. The second-order valence-corrected chi connectivity index (χ2v) is 5.45. The molecule has 1 saturated heterocycles. The zero-order valence-electron chi connectivity index (χ0n) is 12.3. The van der Waals surface area contributed by atoms with Crippen LogP contribution in [-0.4, -0.2) is 42.4 Å². The lowest BCUT2D eigenvalue weighted by Crippen LogP contribution is -2.44. The van der Waals surface area contributed by atoms with Crippen molar-refractivity contribution in [2.24, 2.45) is 5.73 Å². The van der Waals surface area contributed by atoms with Gasteiger partial charge in [-0.3, -0.25) is 0 Å². The van der Waals surface area contributed by atoms with Gasteiger partial charge in [0.1, 0.15) is 0 Å². The Balaban J connectivity index is 2.24. The first-order valence-electron chi connectivity index (χ1n) is 7.22. The van der Waals surface area contributed by atoms with Crippen LogP contribution in [0, 0.1) is 0 Å². The van der Waals surface area contributed by atoms with Gasteiger partial charge < -0.3 is 19.9 Å². The number of anilines is 1. The van der Waals surface area contributed by atoms with E-state index in [1.54, 1.807) is 7.11 Å². The normalized spacial score (nSPS) is 21.7. The summed E-state index contributed by atoms with van der Waals surface area (Å²) in [5.74, 6) is 1.05. The highest BCUT2D eigenvalue weighted by atomic mass is 16.5. The summed E-state index contributed by atoms with van der Waals surface area (Å²) >= 11 is 0. The highest BCUT2D eigenvalue weighted by molar-refractivity contribution is 5.35. The number of aryl methyl sites for hydroxylation is 1.